The van der Waals surface area contributed by atoms with Crippen molar-refractivity contribution in [1.82, 2.24) is 5.32 Å². The number of hydrogen-bond donors (Lipinski definition) is 1. The summed E-state index contributed by atoms with van der Waals surface area (Å²) >= 11 is 3.45. The molecule has 1 aromatic carbocycles. The molecule has 120 valence electrons. The molecule has 1 fully saturated rings. The van der Waals surface area contributed by atoms with Crippen LogP contribution in [0.5, 0.6) is 0 Å². The quantitative estimate of drug-likeness (QED) is 0.747. The molecule has 4 heteroatoms. The van der Waals surface area contributed by atoms with Gasteiger partial charge in [0.1, 0.15) is 0 Å². The maximum atomic E-state index is 11.0. The minimum absolute atomic E-state index is 0.214. The van der Waals surface area contributed by atoms with Gasteiger partial charge in [0.2, 0.25) is 0 Å². The van der Waals surface area contributed by atoms with Crippen molar-refractivity contribution in [3.63, 3.8) is 0 Å². The average Bonchev–Trinajstić information content (AvgIpc) is 2.81. The van der Waals surface area contributed by atoms with Gasteiger partial charge < -0.3 is 0 Å². The standard InChI is InChI=1S/C11H13Br.C8H7NO2/c1-8-6-10(7-8)9-2-4-11(12)5-3-9;10-7-5-3-1-2-4-6(5)8(11)9-7/h2-5,8,10H,6-7H2,1H3;1,3H,2,4H2,(H,9,10,11). The van der Waals surface area contributed by atoms with Crippen LogP contribution in [-0.2, 0) is 9.59 Å². The van der Waals surface area contributed by atoms with Gasteiger partial charge in [-0.05, 0) is 55.2 Å². The van der Waals surface area contributed by atoms with E-state index in [9.17, 15) is 9.59 Å². The number of benzene rings is 1. The first-order valence-electron chi connectivity index (χ1n) is 8.05. The van der Waals surface area contributed by atoms with Crippen molar-refractivity contribution >= 4 is 27.7 Å². The lowest BCUT2D eigenvalue weighted by molar-refractivity contribution is -0.124. The fourth-order valence-corrected chi connectivity index (χ4v) is 3.53. The van der Waals surface area contributed by atoms with E-state index in [1.807, 2.05) is 6.08 Å². The highest BCUT2D eigenvalue weighted by atomic mass is 79.9. The number of carbonyl (C=O) groups excluding carboxylic acids is 2. The van der Waals surface area contributed by atoms with Gasteiger partial charge >= 0.3 is 0 Å². The molecule has 0 unspecified atom stereocenters. The van der Waals surface area contributed by atoms with Crippen LogP contribution in [0.15, 0.2) is 52.0 Å². The molecular weight excluding hydrogens is 354 g/mol. The minimum Gasteiger partial charge on any atom is -0.288 e. The molecule has 0 aromatic heterocycles. The number of hydrogen-bond acceptors (Lipinski definition) is 2. The van der Waals surface area contributed by atoms with Crippen molar-refractivity contribution < 1.29 is 9.59 Å². The average molecular weight is 374 g/mol. The molecule has 1 saturated carbocycles. The maximum Gasteiger partial charge on any atom is 0.258 e. The summed E-state index contributed by atoms with van der Waals surface area (Å²) < 4.78 is 1.18. The van der Waals surface area contributed by atoms with Gasteiger partial charge in [-0.1, -0.05) is 47.1 Å². The summed E-state index contributed by atoms with van der Waals surface area (Å²) in [6, 6.07) is 8.75. The highest BCUT2D eigenvalue weighted by molar-refractivity contribution is 9.10. The van der Waals surface area contributed by atoms with E-state index in [4.69, 9.17) is 0 Å². The monoisotopic (exact) mass is 373 g/mol. The third-order valence-corrected chi connectivity index (χ3v) is 5.16. The first kappa shape index (κ1) is 16.2. The number of imide groups is 1. The molecule has 1 aliphatic heterocycles. The third-order valence-electron chi connectivity index (χ3n) is 4.63. The van der Waals surface area contributed by atoms with E-state index in [1.54, 1.807) is 6.08 Å². The predicted octanol–water partition coefficient (Wildman–Crippen LogP) is 4.25. The molecule has 0 spiro atoms. The Morgan fingerprint density at radius 3 is 2.39 bits per heavy atom. The Morgan fingerprint density at radius 1 is 1.09 bits per heavy atom. The van der Waals surface area contributed by atoms with Crippen molar-refractivity contribution in [2.45, 2.75) is 38.5 Å². The molecule has 0 radical (unpaired) electrons. The smallest absolute Gasteiger partial charge is 0.258 e. The van der Waals surface area contributed by atoms with Crippen molar-refractivity contribution in [2.24, 2.45) is 5.92 Å². The van der Waals surface area contributed by atoms with Gasteiger partial charge in [0.05, 0.1) is 0 Å². The van der Waals surface area contributed by atoms with E-state index < -0.39 is 0 Å². The van der Waals surface area contributed by atoms with E-state index in [2.05, 4.69) is 52.4 Å². The fraction of sp³-hybridized carbons (Fsp3) is 0.368. The van der Waals surface area contributed by atoms with E-state index in [0.29, 0.717) is 17.6 Å². The van der Waals surface area contributed by atoms with Crippen molar-refractivity contribution in [1.29, 1.82) is 0 Å². The first-order chi connectivity index (χ1) is 11.0. The topological polar surface area (TPSA) is 46.2 Å². The highest BCUT2D eigenvalue weighted by Crippen LogP contribution is 2.41. The van der Waals surface area contributed by atoms with Crippen LogP contribution in [-0.4, -0.2) is 11.8 Å². The van der Waals surface area contributed by atoms with Crippen LogP contribution in [0.4, 0.5) is 0 Å². The summed E-state index contributed by atoms with van der Waals surface area (Å²) in [4.78, 5) is 22.0. The van der Waals surface area contributed by atoms with Crippen LogP contribution < -0.4 is 5.32 Å². The maximum absolute atomic E-state index is 11.0. The van der Waals surface area contributed by atoms with Gasteiger partial charge in [0.15, 0.2) is 0 Å². The molecule has 1 N–H and O–H groups in total. The summed E-state index contributed by atoms with van der Waals surface area (Å²) in [7, 11) is 0. The summed E-state index contributed by atoms with van der Waals surface area (Å²) in [5, 5.41) is 2.26. The summed E-state index contributed by atoms with van der Waals surface area (Å²) in [6.07, 6.45) is 7.95. The van der Waals surface area contributed by atoms with Gasteiger partial charge in [0.25, 0.3) is 11.8 Å². The zero-order chi connectivity index (χ0) is 16.4. The van der Waals surface area contributed by atoms with Crippen LogP contribution in [0.25, 0.3) is 0 Å². The number of amides is 2. The molecular formula is C19H20BrNO2. The van der Waals surface area contributed by atoms with Crippen LogP contribution >= 0.6 is 15.9 Å². The molecule has 1 aromatic rings. The Bertz CT molecular complexity index is 682. The zero-order valence-corrected chi connectivity index (χ0v) is 14.7. The van der Waals surface area contributed by atoms with Gasteiger partial charge in [-0.15, -0.1) is 0 Å². The number of rotatable bonds is 1. The molecule has 0 atom stereocenters. The molecule has 0 bridgehead atoms. The van der Waals surface area contributed by atoms with Gasteiger partial charge in [-0.3, -0.25) is 14.9 Å². The van der Waals surface area contributed by atoms with Crippen molar-refractivity contribution in [3.05, 3.63) is 57.6 Å². The Balaban J connectivity index is 0.000000136. The molecule has 4 rings (SSSR count). The lowest BCUT2D eigenvalue weighted by atomic mass is 9.72. The Morgan fingerprint density at radius 2 is 1.78 bits per heavy atom. The Hall–Kier alpha value is -1.68. The molecule has 0 saturated heterocycles. The lowest BCUT2D eigenvalue weighted by Crippen LogP contribution is -2.22. The SMILES string of the molecule is CC1CC(c2ccc(Br)cc2)C1.O=C1NC(=O)C2=C1C=CCC2. The van der Waals surface area contributed by atoms with Gasteiger partial charge in [0, 0.05) is 15.6 Å². The zero-order valence-electron chi connectivity index (χ0n) is 13.1. The Kier molecular flexibility index (Phi) is 4.81. The number of halogens is 1. The molecule has 3 aliphatic rings. The fourth-order valence-electron chi connectivity index (χ4n) is 3.27. The molecule has 3 nitrogen and oxygen atoms in total. The summed E-state index contributed by atoms with van der Waals surface area (Å²) in [5.74, 6) is 1.32. The number of allylic oxidation sites excluding steroid dienone is 1. The van der Waals surface area contributed by atoms with E-state index in [-0.39, 0.29) is 11.8 Å². The van der Waals surface area contributed by atoms with Crippen LogP contribution in [0.1, 0.15) is 44.1 Å². The number of nitrogens with one attached hydrogen (secondary N) is 1. The van der Waals surface area contributed by atoms with Gasteiger partial charge in [-0.25, -0.2) is 0 Å². The van der Waals surface area contributed by atoms with E-state index in [0.717, 1.165) is 18.3 Å². The third kappa shape index (κ3) is 3.63. The first-order valence-corrected chi connectivity index (χ1v) is 8.84. The normalized spacial score (nSPS) is 25.3. The van der Waals surface area contributed by atoms with Crippen LogP contribution in [0.3, 0.4) is 0 Å². The van der Waals surface area contributed by atoms with Gasteiger partial charge in [-0.2, -0.15) is 0 Å². The molecule has 2 aliphatic carbocycles. The van der Waals surface area contributed by atoms with Crippen LogP contribution in [0, 0.1) is 5.92 Å². The highest BCUT2D eigenvalue weighted by Gasteiger charge is 2.29. The van der Waals surface area contributed by atoms with Crippen molar-refractivity contribution in [3.8, 4) is 0 Å². The van der Waals surface area contributed by atoms with E-state index >= 15 is 0 Å². The second kappa shape index (κ2) is 6.83. The second-order valence-corrected chi connectivity index (χ2v) is 7.36. The second-order valence-electron chi connectivity index (χ2n) is 6.44. The lowest BCUT2D eigenvalue weighted by Gasteiger charge is -2.33. The Labute approximate surface area is 145 Å². The van der Waals surface area contributed by atoms with Crippen LogP contribution in [0.2, 0.25) is 0 Å². The van der Waals surface area contributed by atoms with Crippen molar-refractivity contribution in [2.75, 3.05) is 0 Å². The molecule has 2 amide bonds. The van der Waals surface area contributed by atoms with E-state index in [1.165, 1.54) is 22.9 Å². The largest absolute Gasteiger partial charge is 0.288 e. The molecule has 1 heterocycles. The summed E-state index contributed by atoms with van der Waals surface area (Å²) in [5.41, 5.74) is 2.72. The summed E-state index contributed by atoms with van der Waals surface area (Å²) in [6.45, 7) is 2.33. The minimum atomic E-state index is -0.249. The molecule has 23 heavy (non-hydrogen) atoms. The predicted molar refractivity (Wildman–Crippen MR) is 93.8 cm³/mol. The number of carbonyl (C=O) groups is 2.